The van der Waals surface area contributed by atoms with E-state index < -0.39 is 0 Å². The van der Waals surface area contributed by atoms with Crippen LogP contribution in [0.5, 0.6) is 0 Å². The van der Waals surface area contributed by atoms with Crippen LogP contribution < -0.4 is 5.32 Å². The molecule has 82 valence electrons. The van der Waals surface area contributed by atoms with Crippen LogP contribution in [0.4, 0.5) is 5.69 Å². The Kier molecular flexibility index (Phi) is 3.01. The highest BCUT2D eigenvalue weighted by Gasteiger charge is 2.34. The third-order valence-corrected chi connectivity index (χ3v) is 3.99. The summed E-state index contributed by atoms with van der Waals surface area (Å²) in [5, 5.41) is 3.61. The average molecular weight is 269 g/mol. The molecule has 1 aliphatic rings. The molecule has 1 N–H and O–H groups in total. The molecule has 1 aromatic heterocycles. The summed E-state index contributed by atoms with van der Waals surface area (Å²) in [7, 11) is 0. The van der Waals surface area contributed by atoms with Crippen molar-refractivity contribution in [1.82, 2.24) is 4.98 Å². The first kappa shape index (κ1) is 10.9. The predicted octanol–water partition coefficient (Wildman–Crippen LogP) is 3.83. The maximum absolute atomic E-state index is 4.07. The minimum Gasteiger partial charge on any atom is -0.381 e. The van der Waals surface area contributed by atoms with Gasteiger partial charge in [0.1, 0.15) is 0 Å². The van der Waals surface area contributed by atoms with Crippen molar-refractivity contribution in [2.45, 2.75) is 39.2 Å². The fraction of sp³-hybridized carbons (Fsp3) is 0.583. The van der Waals surface area contributed by atoms with Gasteiger partial charge in [-0.3, -0.25) is 4.98 Å². The highest BCUT2D eigenvalue weighted by molar-refractivity contribution is 9.10. The molecule has 0 aliphatic heterocycles. The van der Waals surface area contributed by atoms with Crippen molar-refractivity contribution >= 4 is 21.6 Å². The van der Waals surface area contributed by atoms with Gasteiger partial charge in [0.15, 0.2) is 0 Å². The van der Waals surface area contributed by atoms with Gasteiger partial charge in [-0.25, -0.2) is 0 Å². The van der Waals surface area contributed by atoms with Crippen molar-refractivity contribution in [3.8, 4) is 0 Å². The number of halogens is 1. The average Bonchev–Trinajstić information content (AvgIpc) is 2.50. The van der Waals surface area contributed by atoms with Crippen LogP contribution in [0.25, 0.3) is 0 Å². The van der Waals surface area contributed by atoms with E-state index in [1.807, 2.05) is 18.5 Å². The summed E-state index contributed by atoms with van der Waals surface area (Å²) in [6.45, 7) is 4.68. The number of pyridine rings is 1. The first-order valence-electron chi connectivity index (χ1n) is 5.46. The van der Waals surface area contributed by atoms with Gasteiger partial charge < -0.3 is 5.32 Å². The van der Waals surface area contributed by atoms with Gasteiger partial charge in [-0.2, -0.15) is 0 Å². The summed E-state index contributed by atoms with van der Waals surface area (Å²) in [5.74, 6) is 0. The van der Waals surface area contributed by atoms with Crippen LogP contribution in [-0.4, -0.2) is 11.0 Å². The van der Waals surface area contributed by atoms with Gasteiger partial charge in [0, 0.05) is 18.4 Å². The van der Waals surface area contributed by atoms with E-state index in [1.165, 1.54) is 19.3 Å². The third-order valence-electron chi connectivity index (χ3n) is 3.36. The minimum absolute atomic E-state index is 0.405. The normalized spacial score (nSPS) is 24.1. The first-order chi connectivity index (χ1) is 7.09. The molecular weight excluding hydrogens is 252 g/mol. The Labute approximate surface area is 99.6 Å². The lowest BCUT2D eigenvalue weighted by atomic mass is 9.87. The van der Waals surface area contributed by atoms with Crippen molar-refractivity contribution in [3.63, 3.8) is 0 Å². The van der Waals surface area contributed by atoms with Crippen molar-refractivity contribution in [1.29, 1.82) is 0 Å². The van der Waals surface area contributed by atoms with Crippen LogP contribution >= 0.6 is 15.9 Å². The molecular formula is C12H17BrN2. The van der Waals surface area contributed by atoms with E-state index in [0.717, 1.165) is 10.2 Å². The largest absolute Gasteiger partial charge is 0.381 e. The molecule has 3 heteroatoms. The number of hydrogen-bond donors (Lipinski definition) is 1. The van der Waals surface area contributed by atoms with Crippen LogP contribution in [0.1, 0.15) is 33.1 Å². The molecule has 1 aromatic rings. The number of aromatic nitrogens is 1. The Morgan fingerprint density at radius 2 is 2.33 bits per heavy atom. The Balaban J connectivity index is 2.12. The fourth-order valence-electron chi connectivity index (χ4n) is 2.27. The summed E-state index contributed by atoms with van der Waals surface area (Å²) >= 11 is 3.52. The molecule has 1 heterocycles. The number of anilines is 1. The van der Waals surface area contributed by atoms with Gasteiger partial charge in [-0.05, 0) is 40.3 Å². The Hall–Kier alpha value is -0.570. The van der Waals surface area contributed by atoms with Crippen LogP contribution in [0.15, 0.2) is 22.9 Å². The standard InChI is InChI=1S/C12H17BrN2/c1-12(2)6-3-4-11(12)15-10-5-7-14-8-9(10)13/h5,7-8,11H,3-4,6H2,1-2H3,(H,14,15). The SMILES string of the molecule is CC1(C)CCCC1Nc1ccncc1Br. The van der Waals surface area contributed by atoms with Gasteiger partial charge in [-0.1, -0.05) is 20.3 Å². The van der Waals surface area contributed by atoms with Crippen molar-refractivity contribution in [2.75, 3.05) is 5.32 Å². The third kappa shape index (κ3) is 2.33. The van der Waals surface area contributed by atoms with Gasteiger partial charge in [0.2, 0.25) is 0 Å². The van der Waals surface area contributed by atoms with Gasteiger partial charge in [-0.15, -0.1) is 0 Å². The number of rotatable bonds is 2. The predicted molar refractivity (Wildman–Crippen MR) is 67.0 cm³/mol. The Morgan fingerprint density at radius 3 is 2.93 bits per heavy atom. The lowest BCUT2D eigenvalue weighted by molar-refractivity contribution is 0.350. The molecule has 1 aliphatic carbocycles. The maximum Gasteiger partial charge on any atom is 0.0590 e. The van der Waals surface area contributed by atoms with E-state index in [9.17, 15) is 0 Å². The molecule has 0 bridgehead atoms. The molecule has 0 amide bonds. The van der Waals surface area contributed by atoms with E-state index in [4.69, 9.17) is 0 Å². The minimum atomic E-state index is 0.405. The van der Waals surface area contributed by atoms with Crippen molar-refractivity contribution < 1.29 is 0 Å². The second-order valence-electron chi connectivity index (χ2n) is 4.93. The van der Waals surface area contributed by atoms with Gasteiger partial charge >= 0.3 is 0 Å². The second kappa shape index (κ2) is 4.12. The zero-order chi connectivity index (χ0) is 10.9. The topological polar surface area (TPSA) is 24.9 Å². The number of nitrogens with zero attached hydrogens (tertiary/aromatic N) is 1. The van der Waals surface area contributed by atoms with E-state index >= 15 is 0 Å². The van der Waals surface area contributed by atoms with E-state index in [-0.39, 0.29) is 0 Å². The van der Waals surface area contributed by atoms with Crippen LogP contribution in [0.3, 0.4) is 0 Å². The van der Waals surface area contributed by atoms with Gasteiger partial charge in [0.25, 0.3) is 0 Å². The summed E-state index contributed by atoms with van der Waals surface area (Å²) < 4.78 is 1.05. The van der Waals surface area contributed by atoms with E-state index in [0.29, 0.717) is 11.5 Å². The maximum atomic E-state index is 4.07. The molecule has 0 radical (unpaired) electrons. The molecule has 0 saturated heterocycles. The van der Waals surface area contributed by atoms with Crippen molar-refractivity contribution in [3.05, 3.63) is 22.9 Å². The molecule has 1 fully saturated rings. The quantitative estimate of drug-likeness (QED) is 0.882. The number of nitrogens with one attached hydrogen (secondary N) is 1. The molecule has 0 spiro atoms. The second-order valence-corrected chi connectivity index (χ2v) is 5.79. The molecule has 1 saturated carbocycles. The highest BCUT2D eigenvalue weighted by atomic mass is 79.9. The summed E-state index contributed by atoms with van der Waals surface area (Å²) in [4.78, 5) is 4.07. The summed E-state index contributed by atoms with van der Waals surface area (Å²) in [6, 6.07) is 2.61. The lowest BCUT2D eigenvalue weighted by Gasteiger charge is -2.29. The van der Waals surface area contributed by atoms with Gasteiger partial charge in [0.05, 0.1) is 10.2 Å². The van der Waals surface area contributed by atoms with Crippen LogP contribution in [-0.2, 0) is 0 Å². The summed E-state index contributed by atoms with van der Waals surface area (Å²) in [5.41, 5.74) is 1.56. The van der Waals surface area contributed by atoms with Crippen molar-refractivity contribution in [2.24, 2.45) is 5.41 Å². The zero-order valence-electron chi connectivity index (χ0n) is 9.26. The smallest absolute Gasteiger partial charge is 0.0590 e. The lowest BCUT2D eigenvalue weighted by Crippen LogP contribution is -2.30. The van der Waals surface area contributed by atoms with E-state index in [1.54, 1.807) is 0 Å². The Bertz CT molecular complexity index is 349. The van der Waals surface area contributed by atoms with Crippen LogP contribution in [0.2, 0.25) is 0 Å². The molecule has 1 atom stereocenters. The highest BCUT2D eigenvalue weighted by Crippen LogP contribution is 2.39. The van der Waals surface area contributed by atoms with Crippen LogP contribution in [0, 0.1) is 5.41 Å². The monoisotopic (exact) mass is 268 g/mol. The molecule has 0 aromatic carbocycles. The molecule has 1 unspecified atom stereocenters. The fourth-order valence-corrected chi connectivity index (χ4v) is 2.64. The first-order valence-corrected chi connectivity index (χ1v) is 6.25. The van der Waals surface area contributed by atoms with E-state index in [2.05, 4.69) is 40.1 Å². The molecule has 2 rings (SSSR count). The summed E-state index contributed by atoms with van der Waals surface area (Å²) in [6.07, 6.45) is 7.57. The Morgan fingerprint density at radius 1 is 1.53 bits per heavy atom. The molecule has 15 heavy (non-hydrogen) atoms. The molecule has 2 nitrogen and oxygen atoms in total. The zero-order valence-corrected chi connectivity index (χ0v) is 10.8. The number of hydrogen-bond acceptors (Lipinski definition) is 2.